The minimum atomic E-state index is -0.451. The van der Waals surface area contributed by atoms with E-state index in [1.54, 1.807) is 31.6 Å². The molecule has 0 bridgehead atoms. The highest BCUT2D eigenvalue weighted by molar-refractivity contribution is 5.79. The van der Waals surface area contributed by atoms with Gasteiger partial charge in [0.05, 0.1) is 38.6 Å². The van der Waals surface area contributed by atoms with Gasteiger partial charge in [-0.25, -0.2) is 14.4 Å². The van der Waals surface area contributed by atoms with Crippen LogP contribution >= 0.6 is 0 Å². The number of aromatic nitrogens is 2. The number of benzene rings is 1. The Hall–Kier alpha value is -2.94. The van der Waals surface area contributed by atoms with Crippen molar-refractivity contribution in [2.75, 3.05) is 44.8 Å². The Labute approximate surface area is 205 Å². The number of likely N-dealkylation sites (tertiary alicyclic amines) is 1. The van der Waals surface area contributed by atoms with Crippen LogP contribution in [0.2, 0.25) is 0 Å². The molecule has 2 atom stereocenters. The van der Waals surface area contributed by atoms with Gasteiger partial charge in [-0.3, -0.25) is 4.79 Å². The van der Waals surface area contributed by atoms with Crippen LogP contribution in [-0.4, -0.2) is 71.9 Å². The molecule has 3 heterocycles. The van der Waals surface area contributed by atoms with E-state index in [0.29, 0.717) is 42.7 Å². The summed E-state index contributed by atoms with van der Waals surface area (Å²) in [6.45, 7) is 3.19. The van der Waals surface area contributed by atoms with Crippen LogP contribution < -0.4 is 14.4 Å². The first kappa shape index (κ1) is 23.8. The Morgan fingerprint density at radius 1 is 1.17 bits per heavy atom. The Morgan fingerprint density at radius 3 is 2.57 bits per heavy atom. The third-order valence-electron chi connectivity index (χ3n) is 7.59. The number of carbonyl (C=O) groups is 1. The molecule has 2 unspecified atom stereocenters. The number of anilines is 1. The van der Waals surface area contributed by atoms with Crippen LogP contribution in [0, 0.1) is 23.6 Å². The topological polar surface area (TPSA) is 88.0 Å². The Kier molecular flexibility index (Phi) is 7.04. The number of aliphatic hydroxyl groups is 1. The number of amides is 1. The third kappa shape index (κ3) is 5.66. The lowest BCUT2D eigenvalue weighted by atomic mass is 9.90. The molecule has 2 saturated heterocycles. The average Bonchev–Trinajstić information content (AvgIpc) is 3.63. The second-order valence-electron chi connectivity index (χ2n) is 9.93. The molecule has 2 aliphatic heterocycles. The first-order valence-electron chi connectivity index (χ1n) is 12.5. The number of nitrogens with zero attached hydrogens (tertiary/aromatic N) is 4. The molecule has 0 radical (unpaired) electrons. The SMILES string of the molecule is COc1cnc(N2CCC(C3CC3CCOc3ccc(CC(=O)N4CC(O)C4)c(F)c3)CC2)nc1. The number of methoxy groups -OCH3 is 1. The first-order chi connectivity index (χ1) is 17.0. The zero-order valence-corrected chi connectivity index (χ0v) is 20.1. The second kappa shape index (κ2) is 10.4. The summed E-state index contributed by atoms with van der Waals surface area (Å²) in [6.07, 6.45) is 7.50. The Balaban J connectivity index is 1.01. The van der Waals surface area contributed by atoms with Crippen molar-refractivity contribution in [1.82, 2.24) is 14.9 Å². The number of halogens is 1. The molecular formula is C26H33FN4O4. The number of rotatable bonds is 9. The lowest BCUT2D eigenvalue weighted by Gasteiger charge is -2.35. The van der Waals surface area contributed by atoms with E-state index in [-0.39, 0.29) is 12.3 Å². The fourth-order valence-corrected chi connectivity index (χ4v) is 5.31. The molecule has 188 valence electrons. The molecule has 1 aromatic carbocycles. The molecule has 35 heavy (non-hydrogen) atoms. The number of β-amino-alcohol motifs (C(OH)–C–C–N with tert-alkyl or cyclic N) is 1. The molecule has 1 aliphatic carbocycles. The van der Waals surface area contributed by atoms with Crippen LogP contribution in [0.5, 0.6) is 11.5 Å². The summed E-state index contributed by atoms with van der Waals surface area (Å²) < 4.78 is 25.4. The molecule has 0 spiro atoms. The summed E-state index contributed by atoms with van der Waals surface area (Å²) >= 11 is 0. The summed E-state index contributed by atoms with van der Waals surface area (Å²) in [6, 6.07) is 4.73. The molecule has 2 aromatic rings. The molecule has 1 amide bonds. The summed E-state index contributed by atoms with van der Waals surface area (Å²) in [5.74, 6) is 3.52. The van der Waals surface area contributed by atoms with E-state index >= 15 is 0 Å². The zero-order valence-electron chi connectivity index (χ0n) is 20.1. The van der Waals surface area contributed by atoms with Crippen molar-refractivity contribution in [3.05, 3.63) is 42.0 Å². The van der Waals surface area contributed by atoms with Crippen molar-refractivity contribution >= 4 is 11.9 Å². The van der Waals surface area contributed by atoms with Crippen molar-refractivity contribution in [3.8, 4) is 11.5 Å². The lowest BCUT2D eigenvalue weighted by molar-refractivity contribution is -0.140. The van der Waals surface area contributed by atoms with Crippen molar-refractivity contribution in [2.45, 2.75) is 38.2 Å². The number of piperidine rings is 1. The standard InChI is InChI=1S/C26H33FN4O4/c1-34-22-13-28-26(29-14-22)30-7-4-17(5-8-30)23-10-18(23)6-9-35-21-3-2-19(24(27)12-21)11-25(33)31-15-20(32)16-31/h2-3,12-14,17-18,20,23,32H,4-11,15-16H2,1H3. The monoisotopic (exact) mass is 484 g/mol. The normalized spacial score (nSPS) is 22.6. The van der Waals surface area contributed by atoms with Crippen LogP contribution in [0.25, 0.3) is 0 Å². The van der Waals surface area contributed by atoms with Crippen molar-refractivity contribution in [2.24, 2.45) is 17.8 Å². The van der Waals surface area contributed by atoms with Crippen molar-refractivity contribution in [1.29, 1.82) is 0 Å². The predicted molar refractivity (Wildman–Crippen MR) is 128 cm³/mol. The van der Waals surface area contributed by atoms with Gasteiger partial charge in [-0.1, -0.05) is 6.07 Å². The quantitative estimate of drug-likeness (QED) is 0.586. The van der Waals surface area contributed by atoms with Gasteiger partial charge in [0, 0.05) is 32.2 Å². The maximum Gasteiger partial charge on any atom is 0.227 e. The smallest absolute Gasteiger partial charge is 0.227 e. The average molecular weight is 485 g/mol. The largest absolute Gasteiger partial charge is 0.494 e. The van der Waals surface area contributed by atoms with Gasteiger partial charge >= 0.3 is 0 Å². The van der Waals surface area contributed by atoms with Crippen LogP contribution in [0.1, 0.15) is 31.2 Å². The van der Waals surface area contributed by atoms with Crippen molar-refractivity contribution < 1.29 is 23.8 Å². The van der Waals surface area contributed by atoms with E-state index in [2.05, 4.69) is 14.9 Å². The summed E-state index contributed by atoms with van der Waals surface area (Å²) in [4.78, 5) is 24.7. The van der Waals surface area contributed by atoms with E-state index in [0.717, 1.165) is 50.1 Å². The van der Waals surface area contributed by atoms with Gasteiger partial charge in [-0.2, -0.15) is 0 Å². The molecule has 8 nitrogen and oxygen atoms in total. The zero-order chi connectivity index (χ0) is 24.4. The number of aliphatic hydroxyl groups excluding tert-OH is 1. The van der Waals surface area contributed by atoms with Gasteiger partial charge in [0.15, 0.2) is 5.75 Å². The summed E-state index contributed by atoms with van der Waals surface area (Å²) in [5.41, 5.74) is 0.359. The lowest BCUT2D eigenvalue weighted by Crippen LogP contribution is -2.54. The minimum Gasteiger partial charge on any atom is -0.494 e. The van der Waals surface area contributed by atoms with Gasteiger partial charge in [0.25, 0.3) is 0 Å². The highest BCUT2D eigenvalue weighted by Gasteiger charge is 2.43. The Bertz CT molecular complexity index is 1020. The Morgan fingerprint density at radius 2 is 1.91 bits per heavy atom. The highest BCUT2D eigenvalue weighted by atomic mass is 19.1. The van der Waals surface area contributed by atoms with Crippen LogP contribution in [0.4, 0.5) is 10.3 Å². The number of carbonyl (C=O) groups excluding carboxylic acids is 1. The van der Waals surface area contributed by atoms with E-state index in [1.807, 2.05) is 0 Å². The maximum atomic E-state index is 14.4. The highest BCUT2D eigenvalue weighted by Crippen LogP contribution is 2.49. The molecular weight excluding hydrogens is 451 g/mol. The molecule has 3 fully saturated rings. The predicted octanol–water partition coefficient (Wildman–Crippen LogP) is 2.69. The fourth-order valence-electron chi connectivity index (χ4n) is 5.31. The molecule has 5 rings (SSSR count). The molecule has 3 aliphatic rings. The van der Waals surface area contributed by atoms with Crippen molar-refractivity contribution in [3.63, 3.8) is 0 Å². The number of hydrogen-bond acceptors (Lipinski definition) is 7. The minimum absolute atomic E-state index is 0.00595. The van der Waals surface area contributed by atoms with Gasteiger partial charge in [-0.15, -0.1) is 0 Å². The first-order valence-corrected chi connectivity index (χ1v) is 12.5. The molecule has 1 aromatic heterocycles. The molecule has 9 heteroatoms. The maximum absolute atomic E-state index is 14.4. The van der Waals surface area contributed by atoms with Gasteiger partial charge in [0.2, 0.25) is 11.9 Å². The fraction of sp³-hybridized carbons (Fsp3) is 0.577. The number of hydrogen-bond donors (Lipinski definition) is 1. The van der Waals surface area contributed by atoms with E-state index < -0.39 is 11.9 Å². The van der Waals surface area contributed by atoms with Gasteiger partial charge in [0.1, 0.15) is 11.6 Å². The number of ether oxygens (including phenoxy) is 2. The van der Waals surface area contributed by atoms with Crippen LogP contribution in [-0.2, 0) is 11.2 Å². The molecule has 1 saturated carbocycles. The summed E-state index contributed by atoms with van der Waals surface area (Å²) in [7, 11) is 1.61. The third-order valence-corrected chi connectivity index (χ3v) is 7.59. The van der Waals surface area contributed by atoms with E-state index in [4.69, 9.17) is 9.47 Å². The van der Waals surface area contributed by atoms with E-state index in [1.165, 1.54) is 17.4 Å². The summed E-state index contributed by atoms with van der Waals surface area (Å²) in [5, 5.41) is 9.31. The van der Waals surface area contributed by atoms with Gasteiger partial charge in [-0.05, 0) is 55.1 Å². The molecule has 1 N–H and O–H groups in total. The van der Waals surface area contributed by atoms with Gasteiger partial charge < -0.3 is 24.4 Å². The van der Waals surface area contributed by atoms with Crippen LogP contribution in [0.3, 0.4) is 0 Å². The van der Waals surface area contributed by atoms with E-state index in [9.17, 15) is 14.3 Å². The second-order valence-corrected chi connectivity index (χ2v) is 9.93. The van der Waals surface area contributed by atoms with Crippen LogP contribution in [0.15, 0.2) is 30.6 Å².